The number of benzene rings is 2. The minimum absolute atomic E-state index is 0.0224. The van der Waals surface area contributed by atoms with Crippen molar-refractivity contribution in [2.45, 2.75) is 31.6 Å². The van der Waals surface area contributed by atoms with E-state index in [1.54, 1.807) is 30.4 Å². The molecule has 1 N–H and O–H groups in total. The van der Waals surface area contributed by atoms with Gasteiger partial charge in [-0.05, 0) is 57.0 Å². The van der Waals surface area contributed by atoms with Crippen LogP contribution in [0.15, 0.2) is 52.7 Å². The van der Waals surface area contributed by atoms with Crippen LogP contribution in [0.4, 0.5) is 5.69 Å². The Hall–Kier alpha value is -2.46. The summed E-state index contributed by atoms with van der Waals surface area (Å²) in [4.78, 5) is 17.6. The molecule has 1 amide bonds. The highest BCUT2D eigenvalue weighted by Crippen LogP contribution is 2.32. The Kier molecular flexibility index (Phi) is 7.57. The standard InChI is InChI=1S/C24H26ClN3O4S2/c1-3-32-22-10-9-19(25)13-23(22)34(30,31)28-11-5-7-18(14-28)24(29)27-20-8-4-6-17(12-20)21-15-33-16(2)26-21/h4,6,8-10,12-13,15,18H,3,5,7,11,14H2,1-2H3,(H,27,29)/t18-/m0/s1. The summed E-state index contributed by atoms with van der Waals surface area (Å²) in [6.45, 7) is 4.50. The average Bonchev–Trinajstić information content (AvgIpc) is 3.27. The molecule has 1 fully saturated rings. The summed E-state index contributed by atoms with van der Waals surface area (Å²) in [6.07, 6.45) is 1.19. The molecule has 4 rings (SSSR count). The van der Waals surface area contributed by atoms with Crippen LogP contribution < -0.4 is 10.1 Å². The number of nitrogens with zero attached hydrogens (tertiary/aromatic N) is 2. The van der Waals surface area contributed by atoms with Crippen molar-refractivity contribution in [3.63, 3.8) is 0 Å². The molecule has 1 aliphatic heterocycles. The van der Waals surface area contributed by atoms with Gasteiger partial charge < -0.3 is 10.1 Å². The van der Waals surface area contributed by atoms with Crippen molar-refractivity contribution < 1.29 is 17.9 Å². The van der Waals surface area contributed by atoms with E-state index in [2.05, 4.69) is 10.3 Å². The van der Waals surface area contributed by atoms with E-state index in [0.29, 0.717) is 36.7 Å². The number of halogens is 1. The highest BCUT2D eigenvalue weighted by atomic mass is 35.5. The third-order valence-corrected chi connectivity index (χ3v) is 8.52. The molecule has 1 atom stereocenters. The normalized spacial score (nSPS) is 16.9. The number of carbonyl (C=O) groups excluding carboxylic acids is 1. The van der Waals surface area contributed by atoms with Gasteiger partial charge in [0.1, 0.15) is 10.6 Å². The first-order valence-electron chi connectivity index (χ1n) is 11.0. The van der Waals surface area contributed by atoms with Crippen LogP contribution in [-0.2, 0) is 14.8 Å². The molecule has 1 aliphatic rings. The molecular formula is C24H26ClN3O4S2. The van der Waals surface area contributed by atoms with E-state index in [1.165, 1.54) is 10.4 Å². The van der Waals surface area contributed by atoms with Gasteiger partial charge in [0, 0.05) is 34.7 Å². The number of hydrogen-bond acceptors (Lipinski definition) is 6. The number of carbonyl (C=O) groups is 1. The molecule has 1 aromatic heterocycles. The minimum atomic E-state index is -3.88. The predicted octanol–water partition coefficient (Wildman–Crippen LogP) is 5.21. The number of piperidine rings is 1. The summed E-state index contributed by atoms with van der Waals surface area (Å²) in [6, 6.07) is 12.1. The lowest BCUT2D eigenvalue weighted by Crippen LogP contribution is -2.43. The highest BCUT2D eigenvalue weighted by Gasteiger charge is 2.35. The largest absolute Gasteiger partial charge is 0.492 e. The summed E-state index contributed by atoms with van der Waals surface area (Å²) >= 11 is 7.65. The van der Waals surface area contributed by atoms with Crippen LogP contribution in [0.25, 0.3) is 11.3 Å². The molecule has 2 aromatic carbocycles. The second-order valence-corrected chi connectivity index (χ2v) is 11.5. The molecule has 1 saturated heterocycles. The lowest BCUT2D eigenvalue weighted by molar-refractivity contribution is -0.120. The van der Waals surface area contributed by atoms with Crippen LogP contribution in [0.2, 0.25) is 5.02 Å². The second kappa shape index (κ2) is 10.4. The number of nitrogens with one attached hydrogen (secondary N) is 1. The quantitative estimate of drug-likeness (QED) is 0.463. The van der Waals surface area contributed by atoms with Crippen molar-refractivity contribution in [2.24, 2.45) is 5.92 Å². The maximum absolute atomic E-state index is 13.4. The van der Waals surface area contributed by atoms with Gasteiger partial charge in [-0.3, -0.25) is 4.79 Å². The van der Waals surface area contributed by atoms with Gasteiger partial charge in [-0.1, -0.05) is 23.7 Å². The van der Waals surface area contributed by atoms with Gasteiger partial charge in [0.05, 0.1) is 23.2 Å². The first-order valence-corrected chi connectivity index (χ1v) is 13.7. The van der Waals surface area contributed by atoms with Gasteiger partial charge in [0.15, 0.2) is 0 Å². The van der Waals surface area contributed by atoms with Crippen LogP contribution in [0.3, 0.4) is 0 Å². The smallest absolute Gasteiger partial charge is 0.246 e. The molecule has 0 spiro atoms. The van der Waals surface area contributed by atoms with Gasteiger partial charge in [-0.15, -0.1) is 11.3 Å². The summed E-state index contributed by atoms with van der Waals surface area (Å²) in [5, 5.41) is 6.21. The van der Waals surface area contributed by atoms with E-state index in [-0.39, 0.29) is 23.1 Å². The maximum Gasteiger partial charge on any atom is 0.246 e. The molecule has 10 heteroatoms. The fraction of sp³-hybridized carbons (Fsp3) is 0.333. The molecule has 180 valence electrons. The Morgan fingerprint density at radius 3 is 2.85 bits per heavy atom. The SMILES string of the molecule is CCOc1ccc(Cl)cc1S(=O)(=O)N1CCC[C@H](C(=O)Nc2cccc(-c3csc(C)n3)c2)C1. The number of thiazole rings is 1. The van der Waals surface area contributed by atoms with E-state index >= 15 is 0 Å². The van der Waals surface area contributed by atoms with E-state index in [4.69, 9.17) is 16.3 Å². The Balaban J connectivity index is 1.50. The van der Waals surface area contributed by atoms with E-state index in [9.17, 15) is 13.2 Å². The van der Waals surface area contributed by atoms with Gasteiger partial charge >= 0.3 is 0 Å². The van der Waals surface area contributed by atoms with E-state index in [0.717, 1.165) is 16.3 Å². The molecule has 0 bridgehead atoms. The third kappa shape index (κ3) is 5.43. The molecule has 0 saturated carbocycles. The van der Waals surface area contributed by atoms with Crippen molar-refractivity contribution in [3.8, 4) is 17.0 Å². The van der Waals surface area contributed by atoms with Crippen molar-refractivity contribution >= 4 is 44.6 Å². The van der Waals surface area contributed by atoms with E-state index < -0.39 is 15.9 Å². The Labute approximate surface area is 208 Å². The first kappa shape index (κ1) is 24.7. The van der Waals surface area contributed by atoms with Crippen molar-refractivity contribution in [1.82, 2.24) is 9.29 Å². The van der Waals surface area contributed by atoms with E-state index in [1.807, 2.05) is 36.6 Å². The fourth-order valence-corrected chi connectivity index (χ4v) is 6.51. The molecular weight excluding hydrogens is 494 g/mol. The van der Waals surface area contributed by atoms with Crippen molar-refractivity contribution in [2.75, 3.05) is 25.0 Å². The zero-order valence-electron chi connectivity index (χ0n) is 19.0. The maximum atomic E-state index is 13.4. The summed E-state index contributed by atoms with van der Waals surface area (Å²) in [5.41, 5.74) is 2.43. The zero-order valence-corrected chi connectivity index (χ0v) is 21.3. The van der Waals surface area contributed by atoms with Gasteiger partial charge in [-0.25, -0.2) is 13.4 Å². The van der Waals surface area contributed by atoms with Crippen LogP contribution in [0, 0.1) is 12.8 Å². The van der Waals surface area contributed by atoms with Crippen LogP contribution in [0.1, 0.15) is 24.8 Å². The lowest BCUT2D eigenvalue weighted by Gasteiger charge is -2.31. The van der Waals surface area contributed by atoms with Crippen molar-refractivity contribution in [1.29, 1.82) is 0 Å². The van der Waals surface area contributed by atoms with Gasteiger partial charge in [0.2, 0.25) is 15.9 Å². The zero-order chi connectivity index (χ0) is 24.3. The lowest BCUT2D eigenvalue weighted by atomic mass is 9.98. The van der Waals surface area contributed by atoms with Gasteiger partial charge in [-0.2, -0.15) is 4.31 Å². The average molecular weight is 520 g/mol. The summed E-state index contributed by atoms with van der Waals surface area (Å²) < 4.78 is 33.7. The number of aryl methyl sites for hydroxylation is 1. The molecule has 3 aromatic rings. The fourth-order valence-electron chi connectivity index (χ4n) is 3.97. The van der Waals surface area contributed by atoms with Crippen LogP contribution >= 0.6 is 22.9 Å². The summed E-state index contributed by atoms with van der Waals surface area (Å²) in [5.74, 6) is -0.418. The highest BCUT2D eigenvalue weighted by molar-refractivity contribution is 7.89. The molecule has 0 aliphatic carbocycles. The molecule has 34 heavy (non-hydrogen) atoms. The Morgan fingerprint density at radius 1 is 1.29 bits per heavy atom. The topological polar surface area (TPSA) is 88.6 Å². The Morgan fingerprint density at radius 2 is 2.12 bits per heavy atom. The molecule has 7 nitrogen and oxygen atoms in total. The third-order valence-electron chi connectivity index (χ3n) is 5.62. The summed E-state index contributed by atoms with van der Waals surface area (Å²) in [7, 11) is -3.88. The number of ether oxygens (including phenoxy) is 1. The number of hydrogen-bond donors (Lipinski definition) is 1. The molecule has 2 heterocycles. The van der Waals surface area contributed by atoms with Crippen LogP contribution in [0.5, 0.6) is 5.75 Å². The van der Waals surface area contributed by atoms with Gasteiger partial charge in [0.25, 0.3) is 0 Å². The number of rotatable bonds is 7. The van der Waals surface area contributed by atoms with Crippen molar-refractivity contribution in [3.05, 3.63) is 57.9 Å². The number of aromatic nitrogens is 1. The number of sulfonamides is 1. The molecule has 0 unspecified atom stereocenters. The first-order chi connectivity index (χ1) is 16.3. The molecule has 0 radical (unpaired) electrons. The monoisotopic (exact) mass is 519 g/mol. The number of amides is 1. The predicted molar refractivity (Wildman–Crippen MR) is 135 cm³/mol. The number of anilines is 1. The minimum Gasteiger partial charge on any atom is -0.492 e. The Bertz CT molecular complexity index is 1290. The van der Waals surface area contributed by atoms with Crippen LogP contribution in [-0.4, -0.2) is 43.3 Å². The second-order valence-electron chi connectivity index (χ2n) is 8.05.